The van der Waals surface area contributed by atoms with E-state index in [1.165, 1.54) is 128 Å². The topological polar surface area (TPSA) is 172 Å². The summed E-state index contributed by atoms with van der Waals surface area (Å²) in [6.07, 6.45) is 45.2. The van der Waals surface area contributed by atoms with Crippen LogP contribution in [0.5, 0.6) is 0 Å². The van der Waals surface area contributed by atoms with Gasteiger partial charge in [-0.25, -0.2) is 4.57 Å². The van der Waals surface area contributed by atoms with E-state index in [0.29, 0.717) is 12.8 Å². The predicted molar refractivity (Wildman–Crippen MR) is 240 cm³/mol. The van der Waals surface area contributed by atoms with Gasteiger partial charge in [-0.15, -0.1) is 0 Å². The summed E-state index contributed by atoms with van der Waals surface area (Å²) in [7, 11) is -4.72. The molecule has 0 saturated carbocycles. The Morgan fingerprint density at radius 2 is 0.847 bits per heavy atom. The van der Waals surface area contributed by atoms with Gasteiger partial charge in [0, 0.05) is 12.8 Å². The number of allylic oxidation sites excluding steroid dienone is 4. The van der Waals surface area contributed by atoms with Crippen LogP contribution in [0.1, 0.15) is 226 Å². The number of esters is 2. The third kappa shape index (κ3) is 42.4. The highest BCUT2D eigenvalue weighted by Gasteiger charge is 2.28. The van der Waals surface area contributed by atoms with Gasteiger partial charge in [-0.05, 0) is 64.2 Å². The lowest BCUT2D eigenvalue weighted by atomic mass is 10.1. The second-order valence-electron chi connectivity index (χ2n) is 16.2. The van der Waals surface area contributed by atoms with Gasteiger partial charge in [0.05, 0.1) is 13.2 Å². The smallest absolute Gasteiger partial charge is 0.472 e. The maximum Gasteiger partial charge on any atom is 0.472 e. The van der Waals surface area contributed by atoms with E-state index < -0.39 is 51.1 Å². The number of carboxylic acids is 1. The molecule has 3 unspecified atom stereocenters. The third-order valence-electron chi connectivity index (χ3n) is 10.4. The van der Waals surface area contributed by atoms with Crippen molar-refractivity contribution in [3.05, 3.63) is 24.3 Å². The molecule has 0 aromatic heterocycles. The van der Waals surface area contributed by atoms with E-state index in [-0.39, 0.29) is 19.4 Å². The Morgan fingerprint density at radius 1 is 0.508 bits per heavy atom. The van der Waals surface area contributed by atoms with Gasteiger partial charge < -0.3 is 25.2 Å². The maximum atomic E-state index is 12.7. The molecule has 3 atom stereocenters. The van der Waals surface area contributed by atoms with Crippen molar-refractivity contribution in [3.8, 4) is 0 Å². The molecule has 0 aliphatic rings. The largest absolute Gasteiger partial charge is 0.480 e. The summed E-state index contributed by atoms with van der Waals surface area (Å²) in [5.74, 6) is -2.38. The number of unbranched alkanes of at least 4 members (excludes halogenated alkanes) is 27. The Hall–Kier alpha value is -2.04. The summed E-state index contributed by atoms with van der Waals surface area (Å²) < 4.78 is 32.8. The van der Waals surface area contributed by atoms with Gasteiger partial charge in [0.25, 0.3) is 0 Å². The van der Waals surface area contributed by atoms with Crippen LogP contribution in [0.25, 0.3) is 0 Å². The molecule has 0 spiro atoms. The number of nitrogens with two attached hydrogens (primary N) is 1. The number of aliphatic carboxylic acids is 1. The van der Waals surface area contributed by atoms with Crippen LogP contribution in [0.15, 0.2) is 24.3 Å². The van der Waals surface area contributed by atoms with Crippen molar-refractivity contribution in [2.75, 3.05) is 19.8 Å². The van der Waals surface area contributed by atoms with Crippen LogP contribution < -0.4 is 5.73 Å². The molecule has 11 nitrogen and oxygen atoms in total. The van der Waals surface area contributed by atoms with Gasteiger partial charge in [0.15, 0.2) is 6.10 Å². The first-order chi connectivity index (χ1) is 28.6. The van der Waals surface area contributed by atoms with Crippen LogP contribution in [0.2, 0.25) is 0 Å². The Morgan fingerprint density at radius 3 is 1.24 bits per heavy atom. The molecule has 4 N–H and O–H groups in total. The lowest BCUT2D eigenvalue weighted by Gasteiger charge is -2.20. The SMILES string of the molecule is CCCCCCCC/C=C\CCCCCCCCCCCC(=O)OC(COC(=O)CCCCCCC/C=C\CCCCCCCCC)COP(=O)(O)OCC(N)C(=O)O. The van der Waals surface area contributed by atoms with Crippen LogP contribution in [0, 0.1) is 0 Å². The molecule has 59 heavy (non-hydrogen) atoms. The zero-order valence-corrected chi connectivity index (χ0v) is 38.5. The van der Waals surface area contributed by atoms with Crippen molar-refractivity contribution in [1.82, 2.24) is 0 Å². The Kier molecular flexibility index (Phi) is 41.2. The van der Waals surface area contributed by atoms with Crippen molar-refractivity contribution in [1.29, 1.82) is 0 Å². The van der Waals surface area contributed by atoms with Gasteiger partial charge >= 0.3 is 25.7 Å². The molecule has 0 fully saturated rings. The third-order valence-corrected chi connectivity index (χ3v) is 11.4. The average molecular weight is 858 g/mol. The predicted octanol–water partition coefficient (Wildman–Crippen LogP) is 13.0. The number of phosphoric ester groups is 1. The van der Waals surface area contributed by atoms with Crippen LogP contribution in [0.4, 0.5) is 0 Å². The summed E-state index contributed by atoms with van der Waals surface area (Å²) in [5, 5.41) is 8.90. The molecule has 0 aromatic carbocycles. The minimum Gasteiger partial charge on any atom is -0.480 e. The number of phosphoric acid groups is 1. The Labute approximate surface area is 360 Å². The van der Waals surface area contributed by atoms with E-state index in [2.05, 4.69) is 42.7 Å². The monoisotopic (exact) mass is 858 g/mol. The molecular weight excluding hydrogens is 769 g/mol. The van der Waals surface area contributed by atoms with E-state index >= 15 is 0 Å². The number of ether oxygens (including phenoxy) is 2. The highest BCUT2D eigenvalue weighted by Crippen LogP contribution is 2.43. The molecule has 0 aromatic rings. The molecule has 0 aliphatic carbocycles. The molecule has 12 heteroatoms. The maximum absolute atomic E-state index is 12.7. The van der Waals surface area contributed by atoms with E-state index in [4.69, 9.17) is 24.8 Å². The Bertz CT molecular complexity index is 1100. The zero-order valence-electron chi connectivity index (χ0n) is 37.6. The summed E-state index contributed by atoms with van der Waals surface area (Å²) in [6.45, 7) is 2.81. The van der Waals surface area contributed by atoms with E-state index in [0.717, 1.165) is 57.8 Å². The van der Waals surface area contributed by atoms with Crippen molar-refractivity contribution in [3.63, 3.8) is 0 Å². The van der Waals surface area contributed by atoms with Crippen LogP contribution >= 0.6 is 7.82 Å². The minimum absolute atomic E-state index is 0.159. The molecule has 0 aliphatic heterocycles. The lowest BCUT2D eigenvalue weighted by Crippen LogP contribution is -2.34. The molecule has 346 valence electrons. The molecule has 0 saturated heterocycles. The highest BCUT2D eigenvalue weighted by atomic mass is 31.2. The summed E-state index contributed by atoms with van der Waals surface area (Å²) in [5.41, 5.74) is 5.34. The van der Waals surface area contributed by atoms with Crippen molar-refractivity contribution in [2.24, 2.45) is 5.73 Å². The number of carbonyl (C=O) groups is 3. The van der Waals surface area contributed by atoms with Crippen molar-refractivity contribution in [2.45, 2.75) is 238 Å². The average Bonchev–Trinajstić information content (AvgIpc) is 3.21. The van der Waals surface area contributed by atoms with E-state index in [1.807, 2.05) is 0 Å². The fourth-order valence-electron chi connectivity index (χ4n) is 6.64. The Balaban J connectivity index is 4.30. The summed E-state index contributed by atoms with van der Waals surface area (Å²) in [4.78, 5) is 46.1. The quantitative estimate of drug-likeness (QED) is 0.0230. The number of hydrogen-bond acceptors (Lipinski definition) is 9. The number of hydrogen-bond donors (Lipinski definition) is 3. The van der Waals surface area contributed by atoms with E-state index in [9.17, 15) is 23.8 Å². The fourth-order valence-corrected chi connectivity index (χ4v) is 7.42. The first-order valence-electron chi connectivity index (χ1n) is 23.9. The standard InChI is InChI=1S/C47H88NO10P/c1-3-5-7-9-11-13-15-17-19-21-22-23-25-27-29-31-33-35-37-39-46(50)58-43(41-56-59(53,54)57-42-44(48)47(51)52)40-55-45(49)38-36-34-32-30-28-26-24-20-18-16-14-12-10-8-6-4-2/h17,19-20,24,43-44H,3-16,18,21-23,25-42,48H2,1-2H3,(H,51,52)(H,53,54)/b19-17-,24-20-. The summed E-state index contributed by atoms with van der Waals surface area (Å²) in [6, 6.07) is -1.52. The number of rotatable bonds is 45. The lowest BCUT2D eigenvalue weighted by molar-refractivity contribution is -0.161. The molecule has 0 heterocycles. The second kappa shape index (κ2) is 42.6. The number of carboxylic acid groups (broad SMARTS) is 1. The number of carbonyl (C=O) groups excluding carboxylic acids is 2. The zero-order chi connectivity index (χ0) is 43.5. The van der Waals surface area contributed by atoms with Crippen LogP contribution in [-0.4, -0.2) is 59.9 Å². The van der Waals surface area contributed by atoms with Crippen molar-refractivity contribution >= 4 is 25.7 Å². The summed E-state index contributed by atoms with van der Waals surface area (Å²) >= 11 is 0. The highest BCUT2D eigenvalue weighted by molar-refractivity contribution is 7.47. The minimum atomic E-state index is -4.72. The molecule has 0 bridgehead atoms. The molecule has 0 rings (SSSR count). The van der Waals surface area contributed by atoms with E-state index in [1.54, 1.807) is 0 Å². The van der Waals surface area contributed by atoms with Gasteiger partial charge in [0.1, 0.15) is 12.6 Å². The molecule has 0 amide bonds. The van der Waals surface area contributed by atoms with Gasteiger partial charge in [-0.1, -0.05) is 173 Å². The second-order valence-corrected chi connectivity index (χ2v) is 17.7. The van der Waals surface area contributed by atoms with Gasteiger partial charge in [0.2, 0.25) is 0 Å². The van der Waals surface area contributed by atoms with Crippen molar-refractivity contribution < 1.29 is 47.5 Å². The van der Waals surface area contributed by atoms with Crippen LogP contribution in [0.3, 0.4) is 0 Å². The normalized spacial score (nSPS) is 13.8. The van der Waals surface area contributed by atoms with Gasteiger partial charge in [-0.2, -0.15) is 0 Å². The van der Waals surface area contributed by atoms with Crippen LogP contribution in [-0.2, 0) is 37.5 Å². The molecular formula is C47H88NO10P. The first kappa shape index (κ1) is 57.0. The van der Waals surface area contributed by atoms with Gasteiger partial charge in [-0.3, -0.25) is 23.4 Å². The fraction of sp³-hybridized carbons (Fsp3) is 0.851. The first-order valence-corrected chi connectivity index (χ1v) is 25.4. The molecule has 0 radical (unpaired) electrons.